The van der Waals surface area contributed by atoms with E-state index in [2.05, 4.69) is 23.9 Å². The monoisotopic (exact) mass is 218 g/mol. The summed E-state index contributed by atoms with van der Waals surface area (Å²) in [4.78, 5) is 13.1. The van der Waals surface area contributed by atoms with E-state index in [1.807, 2.05) is 0 Å². The van der Waals surface area contributed by atoms with Crippen LogP contribution in [-0.2, 0) is 4.79 Å². The van der Waals surface area contributed by atoms with Gasteiger partial charge in [0.15, 0.2) is 10.8 Å². The van der Waals surface area contributed by atoms with Gasteiger partial charge in [-0.2, -0.15) is 0 Å². The molecule has 1 N–H and O–H groups in total. The molecule has 14 heavy (non-hydrogen) atoms. The van der Waals surface area contributed by atoms with Gasteiger partial charge in [-0.25, -0.2) is 0 Å². The van der Waals surface area contributed by atoms with Gasteiger partial charge in [0.1, 0.15) is 0 Å². The van der Waals surface area contributed by atoms with Gasteiger partial charge in [-0.05, 0) is 13.1 Å². The molecular weight excluding hydrogens is 200 g/mol. The molecule has 0 aliphatic heterocycles. The predicted octanol–water partition coefficient (Wildman–Crippen LogP) is 1.44. The molecule has 0 saturated heterocycles. The topological polar surface area (TPSA) is 52.9 Å². The number of hydrogen-bond acceptors (Lipinski definition) is 5. The van der Waals surface area contributed by atoms with Gasteiger partial charge in [0.25, 0.3) is 0 Å². The second kappa shape index (κ2) is 7.82. The van der Waals surface area contributed by atoms with Crippen LogP contribution in [-0.4, -0.2) is 46.3 Å². The van der Waals surface area contributed by atoms with Crippen LogP contribution in [0.25, 0.3) is 0 Å². The van der Waals surface area contributed by atoms with Crippen LogP contribution in [0.3, 0.4) is 0 Å². The maximum absolute atomic E-state index is 10.9. The van der Waals surface area contributed by atoms with Crippen LogP contribution in [0.5, 0.6) is 0 Å². The normalized spacial score (nSPS) is 12.1. The number of carbonyl (C=O) groups is 1. The first-order chi connectivity index (χ1) is 6.65. The van der Waals surface area contributed by atoms with Crippen molar-refractivity contribution < 1.29 is 10.0 Å². The number of thioether (sulfide) groups is 1. The number of nitrogens with zero attached hydrogens (tertiary/aromatic N) is 2. The first kappa shape index (κ1) is 13.4. The summed E-state index contributed by atoms with van der Waals surface area (Å²) in [5.74, 6) is 0.595. The summed E-state index contributed by atoms with van der Waals surface area (Å²) in [6, 6.07) is 0. The lowest BCUT2D eigenvalue weighted by Gasteiger charge is -2.16. The lowest BCUT2D eigenvalue weighted by Crippen LogP contribution is -2.26. The molecule has 0 saturated carbocycles. The van der Waals surface area contributed by atoms with E-state index in [0.717, 1.165) is 25.4 Å². The number of Topliss-reactive ketones (excluding diaryl/α,β-unsaturated/α-hetero) is 1. The van der Waals surface area contributed by atoms with Crippen molar-refractivity contribution >= 4 is 22.6 Å². The molecule has 0 radical (unpaired) electrons. The molecule has 0 aliphatic carbocycles. The zero-order valence-electron chi connectivity index (χ0n) is 8.99. The van der Waals surface area contributed by atoms with Gasteiger partial charge in [-0.15, -0.1) is 0 Å². The maximum atomic E-state index is 10.9. The van der Waals surface area contributed by atoms with Gasteiger partial charge < -0.3 is 10.1 Å². The molecule has 0 aromatic heterocycles. The Morgan fingerprint density at radius 1 is 1.43 bits per heavy atom. The highest BCUT2D eigenvalue weighted by atomic mass is 32.2. The highest BCUT2D eigenvalue weighted by molar-refractivity contribution is 8.15. The molecule has 5 heteroatoms. The van der Waals surface area contributed by atoms with Crippen LogP contribution in [0.2, 0.25) is 0 Å². The molecule has 0 aliphatic rings. The molecule has 0 fully saturated rings. The van der Waals surface area contributed by atoms with Gasteiger partial charge in [0.05, 0.1) is 0 Å². The van der Waals surface area contributed by atoms with Crippen molar-refractivity contribution in [1.82, 2.24) is 4.90 Å². The third kappa shape index (κ3) is 5.24. The second-order valence-electron chi connectivity index (χ2n) is 2.84. The van der Waals surface area contributed by atoms with E-state index in [9.17, 15) is 4.79 Å². The van der Waals surface area contributed by atoms with Crippen molar-refractivity contribution in [1.29, 1.82) is 0 Å². The van der Waals surface area contributed by atoms with Gasteiger partial charge in [-0.3, -0.25) is 4.79 Å². The Labute approximate surface area is 89.3 Å². The van der Waals surface area contributed by atoms with Crippen LogP contribution < -0.4 is 0 Å². The summed E-state index contributed by atoms with van der Waals surface area (Å²) in [6.07, 6.45) is 0. The largest absolute Gasteiger partial charge is 0.410 e. The Bertz CT molecular complexity index is 203. The fourth-order valence-corrected chi connectivity index (χ4v) is 1.82. The fourth-order valence-electron chi connectivity index (χ4n) is 1.01. The van der Waals surface area contributed by atoms with Crippen LogP contribution in [0.1, 0.15) is 20.8 Å². The zero-order chi connectivity index (χ0) is 11.0. The molecule has 0 aromatic rings. The van der Waals surface area contributed by atoms with Crippen molar-refractivity contribution in [3.8, 4) is 0 Å². The minimum absolute atomic E-state index is 0.183. The molecule has 0 spiro atoms. The summed E-state index contributed by atoms with van der Waals surface area (Å²) in [5, 5.41) is 11.6. The standard InChI is InChI=1S/C9H18N2O2S/c1-4-11(5-2)6-7-14-9(10-13)8(3)12/h13H,4-7H2,1-3H3/b10-9-. The Morgan fingerprint density at radius 2 is 2.00 bits per heavy atom. The van der Waals surface area contributed by atoms with Crippen LogP contribution in [0.15, 0.2) is 5.16 Å². The third-order valence-corrected chi connectivity index (χ3v) is 2.96. The fraction of sp³-hybridized carbons (Fsp3) is 0.778. The molecule has 82 valence electrons. The molecule has 0 bridgehead atoms. The summed E-state index contributed by atoms with van der Waals surface area (Å²) >= 11 is 1.30. The molecule has 4 nitrogen and oxygen atoms in total. The summed E-state index contributed by atoms with van der Waals surface area (Å²) in [7, 11) is 0. The van der Waals surface area contributed by atoms with E-state index in [4.69, 9.17) is 5.21 Å². The predicted molar refractivity (Wildman–Crippen MR) is 60.1 cm³/mol. The number of ketones is 1. The molecule has 0 atom stereocenters. The van der Waals surface area contributed by atoms with E-state index in [0.29, 0.717) is 0 Å². The van der Waals surface area contributed by atoms with Crippen LogP contribution in [0.4, 0.5) is 0 Å². The van der Waals surface area contributed by atoms with Gasteiger partial charge in [0.2, 0.25) is 0 Å². The van der Waals surface area contributed by atoms with Gasteiger partial charge in [0, 0.05) is 19.2 Å². The minimum Gasteiger partial charge on any atom is -0.410 e. The molecule has 0 heterocycles. The van der Waals surface area contributed by atoms with Crippen molar-refractivity contribution in [2.24, 2.45) is 5.16 Å². The highest BCUT2D eigenvalue weighted by Gasteiger charge is 2.07. The average Bonchev–Trinajstić information content (AvgIpc) is 2.18. The SMILES string of the molecule is CCN(CC)CCS/C(=N\O)C(C)=O. The van der Waals surface area contributed by atoms with Gasteiger partial charge >= 0.3 is 0 Å². The van der Waals surface area contributed by atoms with Crippen LogP contribution >= 0.6 is 11.8 Å². The van der Waals surface area contributed by atoms with E-state index >= 15 is 0 Å². The summed E-state index contributed by atoms with van der Waals surface area (Å²) in [5.41, 5.74) is 0. The first-order valence-corrected chi connectivity index (χ1v) is 5.72. The number of oxime groups is 1. The Kier molecular flexibility index (Phi) is 7.51. The van der Waals surface area contributed by atoms with Gasteiger partial charge in [-0.1, -0.05) is 30.8 Å². The van der Waals surface area contributed by atoms with E-state index in [1.165, 1.54) is 18.7 Å². The summed E-state index contributed by atoms with van der Waals surface area (Å²) in [6.45, 7) is 8.51. The number of carbonyl (C=O) groups excluding carboxylic acids is 1. The molecule has 0 unspecified atom stereocenters. The Balaban J connectivity index is 3.77. The van der Waals surface area contributed by atoms with Crippen molar-refractivity contribution in [3.05, 3.63) is 0 Å². The van der Waals surface area contributed by atoms with Crippen LogP contribution in [0, 0.1) is 0 Å². The second-order valence-corrected chi connectivity index (χ2v) is 3.92. The quantitative estimate of drug-likeness (QED) is 0.317. The first-order valence-electron chi connectivity index (χ1n) is 4.73. The van der Waals surface area contributed by atoms with Crippen molar-refractivity contribution in [2.75, 3.05) is 25.4 Å². The summed E-state index contributed by atoms with van der Waals surface area (Å²) < 4.78 is 0. The maximum Gasteiger partial charge on any atom is 0.188 e. The Morgan fingerprint density at radius 3 is 2.36 bits per heavy atom. The molecule has 0 aromatic carbocycles. The molecular formula is C9H18N2O2S. The molecule has 0 rings (SSSR count). The zero-order valence-corrected chi connectivity index (χ0v) is 9.80. The van der Waals surface area contributed by atoms with E-state index in [-0.39, 0.29) is 10.8 Å². The average molecular weight is 218 g/mol. The van der Waals surface area contributed by atoms with E-state index < -0.39 is 0 Å². The van der Waals surface area contributed by atoms with Crippen molar-refractivity contribution in [3.63, 3.8) is 0 Å². The minimum atomic E-state index is -0.183. The number of hydrogen-bond donors (Lipinski definition) is 1. The van der Waals surface area contributed by atoms with E-state index in [1.54, 1.807) is 0 Å². The smallest absolute Gasteiger partial charge is 0.188 e. The molecule has 0 amide bonds. The number of rotatable bonds is 6. The lowest BCUT2D eigenvalue weighted by atomic mass is 10.5. The van der Waals surface area contributed by atoms with Crippen molar-refractivity contribution in [2.45, 2.75) is 20.8 Å². The third-order valence-electron chi connectivity index (χ3n) is 1.93. The Hall–Kier alpha value is -0.550. The lowest BCUT2D eigenvalue weighted by molar-refractivity contribution is -0.110. The highest BCUT2D eigenvalue weighted by Crippen LogP contribution is 2.05.